The molecule has 12 rings (SSSR count). The van der Waals surface area contributed by atoms with Crippen molar-refractivity contribution in [3.8, 4) is 27.9 Å². The Morgan fingerprint density at radius 2 is 0.744 bits per heavy atom. The lowest BCUT2D eigenvalue weighted by molar-refractivity contribution is 0.589. The molecular formula is C81H83ClN4. The van der Waals surface area contributed by atoms with Gasteiger partial charge in [-0.2, -0.15) is 0 Å². The molecule has 4 nitrogen and oxygen atoms in total. The van der Waals surface area contributed by atoms with Crippen LogP contribution in [0.2, 0.25) is 5.02 Å². The maximum atomic E-state index is 8.41. The van der Waals surface area contributed by atoms with Crippen molar-refractivity contribution in [2.45, 2.75) is 138 Å². The lowest BCUT2D eigenvalue weighted by Crippen LogP contribution is -2.22. The molecule has 1 aliphatic heterocycles. The summed E-state index contributed by atoms with van der Waals surface area (Å²) in [5, 5.41) is 3.15. The molecule has 2 heterocycles. The summed E-state index contributed by atoms with van der Waals surface area (Å²) < 4.78 is 2.54. The van der Waals surface area contributed by atoms with Crippen LogP contribution in [0.3, 0.4) is 0 Å². The van der Waals surface area contributed by atoms with Crippen LogP contribution in [0.4, 0.5) is 51.2 Å². The fourth-order valence-corrected chi connectivity index (χ4v) is 12.7. The molecule has 86 heavy (non-hydrogen) atoms. The van der Waals surface area contributed by atoms with E-state index < -0.39 is 0 Å². The summed E-state index contributed by atoms with van der Waals surface area (Å²) in [5.74, 6) is 0. The van der Waals surface area contributed by atoms with E-state index in [-0.39, 0.29) is 27.1 Å². The Kier molecular flexibility index (Phi) is 14.4. The smallest absolute Gasteiger partial charge is 0.0887 e. The van der Waals surface area contributed by atoms with Crippen molar-refractivity contribution in [3.05, 3.63) is 251 Å². The quantitative estimate of drug-likeness (QED) is 0.143. The summed E-state index contributed by atoms with van der Waals surface area (Å²) in [7, 11) is 0. The van der Waals surface area contributed by atoms with Crippen molar-refractivity contribution < 1.29 is 0 Å². The van der Waals surface area contributed by atoms with Crippen LogP contribution in [0.25, 0.3) is 49.7 Å². The number of halogens is 1. The van der Waals surface area contributed by atoms with E-state index in [0.29, 0.717) is 5.02 Å². The number of hydrogen-bond donors (Lipinski definition) is 0. The first kappa shape index (κ1) is 58.1. The van der Waals surface area contributed by atoms with E-state index in [1.807, 2.05) is 0 Å². The van der Waals surface area contributed by atoms with Crippen LogP contribution in [0.1, 0.15) is 137 Å². The Morgan fingerprint density at radius 3 is 1.28 bits per heavy atom. The third kappa shape index (κ3) is 10.8. The average molecular weight is 1150 g/mol. The second kappa shape index (κ2) is 21.3. The predicted octanol–water partition coefficient (Wildman–Crippen LogP) is 24.3. The normalized spacial score (nSPS) is 12.9. The molecule has 0 atom stereocenters. The summed E-state index contributed by atoms with van der Waals surface area (Å²) in [6.07, 6.45) is 0. The lowest BCUT2D eigenvalue weighted by atomic mass is 9.84. The molecule has 0 saturated carbocycles. The Balaban J connectivity index is 1.09. The molecule has 0 N–H and O–H groups in total. The fraction of sp³-hybridized carbons (Fsp3) is 0.259. The Labute approximate surface area is 517 Å². The van der Waals surface area contributed by atoms with Crippen LogP contribution in [-0.2, 0) is 27.1 Å². The zero-order valence-corrected chi connectivity index (χ0v) is 54.1. The minimum absolute atomic E-state index is 0.00679. The van der Waals surface area contributed by atoms with Gasteiger partial charge in [-0.25, -0.2) is 0 Å². The summed E-state index contributed by atoms with van der Waals surface area (Å²) in [5.41, 5.74) is 24.6. The molecule has 0 saturated heterocycles. The van der Waals surface area contributed by atoms with Crippen molar-refractivity contribution in [3.63, 3.8) is 0 Å². The zero-order valence-electron chi connectivity index (χ0n) is 53.4. The maximum Gasteiger partial charge on any atom is 0.0887 e. The highest BCUT2D eigenvalue weighted by Crippen LogP contribution is 2.56. The van der Waals surface area contributed by atoms with Gasteiger partial charge in [-0.15, -0.1) is 0 Å². The largest absolute Gasteiger partial charge is 0.310 e. The van der Waals surface area contributed by atoms with Gasteiger partial charge >= 0.3 is 0 Å². The summed E-state index contributed by atoms with van der Waals surface area (Å²) in [6, 6.07) is 79.4. The highest BCUT2D eigenvalue weighted by molar-refractivity contribution is 6.37. The predicted molar refractivity (Wildman–Crippen MR) is 373 cm³/mol. The molecular weight excluding hydrogens is 1060 g/mol. The number of aryl methyl sites for hydroxylation is 1. The van der Waals surface area contributed by atoms with Gasteiger partial charge in [0.1, 0.15) is 0 Å². The summed E-state index contributed by atoms with van der Waals surface area (Å²) >= 11 is 8.41. The second-order valence-corrected chi connectivity index (χ2v) is 29.5. The zero-order chi connectivity index (χ0) is 61.0. The minimum atomic E-state index is -0.153. The molecule has 0 radical (unpaired) electrons. The van der Waals surface area contributed by atoms with E-state index in [1.54, 1.807) is 0 Å². The van der Waals surface area contributed by atoms with Crippen LogP contribution in [-0.4, -0.2) is 4.57 Å². The van der Waals surface area contributed by atoms with Gasteiger partial charge in [-0.3, -0.25) is 0 Å². The number of hydrogen-bond acceptors (Lipinski definition) is 3. The van der Waals surface area contributed by atoms with Gasteiger partial charge in [0.25, 0.3) is 0 Å². The van der Waals surface area contributed by atoms with E-state index in [1.165, 1.54) is 60.8 Å². The van der Waals surface area contributed by atoms with Gasteiger partial charge in [-0.1, -0.05) is 225 Å². The summed E-state index contributed by atoms with van der Waals surface area (Å²) in [6.45, 7) is 36.7. The number of rotatable bonds is 9. The number of anilines is 9. The van der Waals surface area contributed by atoms with Crippen LogP contribution in [0, 0.1) is 6.92 Å². The molecule has 0 aliphatic carbocycles. The van der Waals surface area contributed by atoms with E-state index in [0.717, 1.165) is 73.6 Å². The minimum Gasteiger partial charge on any atom is -0.310 e. The van der Waals surface area contributed by atoms with Crippen molar-refractivity contribution in [1.82, 2.24) is 4.57 Å². The van der Waals surface area contributed by atoms with Gasteiger partial charge in [0.05, 0.1) is 44.5 Å². The first-order valence-electron chi connectivity index (χ1n) is 30.7. The molecule has 5 heteroatoms. The molecule has 434 valence electrons. The first-order chi connectivity index (χ1) is 40.6. The second-order valence-electron chi connectivity index (χ2n) is 29.1. The van der Waals surface area contributed by atoms with E-state index in [4.69, 9.17) is 11.6 Å². The van der Waals surface area contributed by atoms with Crippen LogP contribution in [0.15, 0.2) is 212 Å². The highest BCUT2D eigenvalue weighted by Gasteiger charge is 2.35. The Morgan fingerprint density at radius 1 is 0.314 bits per heavy atom. The van der Waals surface area contributed by atoms with Crippen molar-refractivity contribution in [2.75, 3.05) is 14.7 Å². The lowest BCUT2D eigenvalue weighted by Gasteiger charge is -2.37. The SMILES string of the molecule is Cc1cc(N(c2ccc(-c3ccc(-c4ccccc4)cc3)cc2)c2cccc(N(c3ccc(C(C)(C)C)cc3)c3ccc(C(C)(C)C)cc3)c2)c(Cl)c(N2c3ccc(C(C)(C)C)cc3-n3c4ccc(C(C)(C)C)cc4c4cc(C(C)(C)C)cc2c43)c1. The molecule has 0 fully saturated rings. The number of nitrogens with zero attached hydrogens (tertiary/aromatic N) is 4. The third-order valence-corrected chi connectivity index (χ3v) is 18.0. The molecule has 1 aromatic heterocycles. The van der Waals surface area contributed by atoms with Gasteiger partial charge in [0.15, 0.2) is 0 Å². The monoisotopic (exact) mass is 1150 g/mol. The van der Waals surface area contributed by atoms with E-state index >= 15 is 0 Å². The van der Waals surface area contributed by atoms with Gasteiger partial charge in [0, 0.05) is 39.2 Å². The molecule has 0 amide bonds. The summed E-state index contributed by atoms with van der Waals surface area (Å²) in [4.78, 5) is 7.23. The topological polar surface area (TPSA) is 14.7 Å². The Bertz CT molecular complexity index is 4280. The van der Waals surface area contributed by atoms with Crippen molar-refractivity contribution in [2.24, 2.45) is 0 Å². The highest BCUT2D eigenvalue weighted by atomic mass is 35.5. The molecule has 10 aromatic carbocycles. The first-order valence-corrected chi connectivity index (χ1v) is 31.1. The molecule has 0 spiro atoms. The van der Waals surface area contributed by atoms with Crippen LogP contribution < -0.4 is 14.7 Å². The van der Waals surface area contributed by atoms with Crippen molar-refractivity contribution >= 4 is 84.6 Å². The molecule has 1 aliphatic rings. The van der Waals surface area contributed by atoms with Gasteiger partial charge in [0.2, 0.25) is 0 Å². The van der Waals surface area contributed by atoms with Gasteiger partial charge < -0.3 is 19.3 Å². The molecule has 11 aromatic rings. The van der Waals surface area contributed by atoms with E-state index in [2.05, 4.69) is 342 Å². The average Bonchev–Trinajstić information content (AvgIpc) is 1.48. The van der Waals surface area contributed by atoms with Crippen LogP contribution in [0.5, 0.6) is 0 Å². The molecule has 0 unspecified atom stereocenters. The maximum absolute atomic E-state index is 8.41. The van der Waals surface area contributed by atoms with Crippen molar-refractivity contribution in [1.29, 1.82) is 0 Å². The van der Waals surface area contributed by atoms with Crippen LogP contribution >= 0.6 is 11.6 Å². The third-order valence-electron chi connectivity index (χ3n) is 17.6. The number of fused-ring (bicyclic) bond motifs is 5. The van der Waals surface area contributed by atoms with E-state index in [9.17, 15) is 0 Å². The molecule has 0 bridgehead atoms. The van der Waals surface area contributed by atoms with Gasteiger partial charge in [-0.05, 0) is 193 Å². The fourth-order valence-electron chi connectivity index (χ4n) is 12.4. The number of benzene rings is 10. The number of aromatic nitrogens is 1. The Hall–Kier alpha value is -8.31. The standard InChI is InChI=1S/C81H83ClN4/c1-52-45-72(75(82)73(46-52)85-70-44-36-60(80(11,12)13)49-71(70)86-69-43-35-59(79(8,9)10)47-67(69)68-48-61(81(14,15)16)50-74(85)76(68)86)84(64-37-29-56(30-38-64)55-27-25-54(26-28-55)53-21-18-17-19-22-53)66-24-20-23-65(51-66)83(62-39-31-57(32-40-62)77(2,3)4)63-41-33-58(34-42-63)78(5,6)7/h17-51H,1-16H3.